The van der Waals surface area contributed by atoms with Crippen LogP contribution in [0, 0.1) is 6.92 Å². The highest BCUT2D eigenvalue weighted by Gasteiger charge is 2.10. The first-order chi connectivity index (χ1) is 10.1. The lowest BCUT2D eigenvalue weighted by Gasteiger charge is -2.11. The molecule has 0 bridgehead atoms. The number of nitrogens with one attached hydrogen (secondary N) is 1. The van der Waals surface area contributed by atoms with Crippen LogP contribution in [0.15, 0.2) is 47.4 Å². The molecule has 6 nitrogen and oxygen atoms in total. The van der Waals surface area contributed by atoms with Crippen LogP contribution in [0.2, 0.25) is 0 Å². The monoisotopic (exact) mass is 287 g/mol. The third-order valence-corrected chi connectivity index (χ3v) is 3.00. The fourth-order valence-electron chi connectivity index (χ4n) is 1.90. The van der Waals surface area contributed by atoms with Crippen LogP contribution < -0.4 is 21.6 Å². The van der Waals surface area contributed by atoms with Gasteiger partial charge in [-0.15, -0.1) is 0 Å². The molecule has 110 valence electrons. The van der Waals surface area contributed by atoms with Crippen LogP contribution in [0.5, 0.6) is 5.75 Å². The summed E-state index contributed by atoms with van der Waals surface area (Å²) in [5.41, 5.74) is 3.27. The Hall–Kier alpha value is -2.60. The molecular formula is C15H17N3O3. The Bertz CT molecular complexity index is 695. The van der Waals surface area contributed by atoms with E-state index in [1.54, 1.807) is 41.1 Å². The molecule has 0 unspecified atom stereocenters. The van der Waals surface area contributed by atoms with Crippen molar-refractivity contribution in [2.24, 2.45) is 5.84 Å². The highest BCUT2D eigenvalue weighted by molar-refractivity contribution is 5.96. The molecule has 0 aliphatic rings. The molecule has 0 saturated carbocycles. The molecule has 0 saturated heterocycles. The first-order valence-electron chi connectivity index (χ1n) is 6.51. The maximum absolute atomic E-state index is 11.7. The highest BCUT2D eigenvalue weighted by atomic mass is 16.5. The minimum absolute atomic E-state index is 0.0772. The summed E-state index contributed by atoms with van der Waals surface area (Å²) < 4.78 is 7.13. The molecule has 21 heavy (non-hydrogen) atoms. The van der Waals surface area contributed by atoms with Gasteiger partial charge in [0.05, 0.1) is 12.1 Å². The van der Waals surface area contributed by atoms with Crippen molar-refractivity contribution in [1.82, 2.24) is 9.99 Å². The molecule has 3 N–H and O–H groups in total. The number of amides is 1. The summed E-state index contributed by atoms with van der Waals surface area (Å²) in [5.74, 6) is 5.14. The van der Waals surface area contributed by atoms with Gasteiger partial charge in [-0.3, -0.25) is 15.0 Å². The lowest BCUT2D eigenvalue weighted by molar-refractivity contribution is 0.0949. The minimum Gasteiger partial charge on any atom is -0.491 e. The normalized spacial score (nSPS) is 10.2. The Morgan fingerprint density at radius 2 is 2.10 bits per heavy atom. The van der Waals surface area contributed by atoms with Crippen LogP contribution >= 0.6 is 0 Å². The van der Waals surface area contributed by atoms with Crippen LogP contribution in [-0.2, 0) is 6.54 Å². The van der Waals surface area contributed by atoms with E-state index in [1.807, 2.05) is 13.0 Å². The van der Waals surface area contributed by atoms with Gasteiger partial charge in [-0.1, -0.05) is 12.1 Å². The number of benzene rings is 1. The largest absolute Gasteiger partial charge is 0.491 e. The predicted molar refractivity (Wildman–Crippen MR) is 79.0 cm³/mol. The number of ether oxygens (including phenoxy) is 1. The molecule has 2 aromatic rings. The van der Waals surface area contributed by atoms with Gasteiger partial charge in [-0.25, -0.2) is 5.84 Å². The van der Waals surface area contributed by atoms with Gasteiger partial charge in [0.15, 0.2) is 0 Å². The van der Waals surface area contributed by atoms with E-state index >= 15 is 0 Å². The molecule has 1 amide bonds. The average molecular weight is 287 g/mol. The number of para-hydroxylation sites is 1. The number of aryl methyl sites for hydroxylation is 1. The van der Waals surface area contributed by atoms with E-state index in [9.17, 15) is 9.59 Å². The highest BCUT2D eigenvalue weighted by Crippen LogP contribution is 2.17. The molecular weight excluding hydrogens is 270 g/mol. The van der Waals surface area contributed by atoms with Crippen LogP contribution in [0.1, 0.15) is 15.9 Å². The standard InChI is InChI=1S/C15H17N3O3/c1-11-6-7-18(14(19)10-11)8-9-21-13-5-3-2-4-12(13)15(20)17-16/h2-7,10H,8-9,16H2,1H3,(H,17,20). The Labute approximate surface area is 122 Å². The van der Waals surface area contributed by atoms with Crippen LogP contribution in [0.25, 0.3) is 0 Å². The van der Waals surface area contributed by atoms with Crippen LogP contribution in [0.3, 0.4) is 0 Å². The fourth-order valence-corrected chi connectivity index (χ4v) is 1.90. The van der Waals surface area contributed by atoms with Crippen LogP contribution in [0.4, 0.5) is 0 Å². The average Bonchev–Trinajstić information content (AvgIpc) is 2.49. The summed E-state index contributed by atoms with van der Waals surface area (Å²) in [6, 6.07) is 10.2. The molecule has 1 heterocycles. The Balaban J connectivity index is 2.04. The minimum atomic E-state index is -0.418. The van der Waals surface area contributed by atoms with E-state index < -0.39 is 5.91 Å². The van der Waals surface area contributed by atoms with E-state index in [-0.39, 0.29) is 12.2 Å². The zero-order valence-electron chi connectivity index (χ0n) is 11.7. The van der Waals surface area contributed by atoms with Crippen molar-refractivity contribution in [3.05, 3.63) is 64.1 Å². The molecule has 1 aromatic carbocycles. The van der Waals surface area contributed by atoms with Gasteiger partial charge < -0.3 is 9.30 Å². The number of aromatic nitrogens is 1. The van der Waals surface area contributed by atoms with Gasteiger partial charge in [0.1, 0.15) is 12.4 Å². The molecule has 1 aromatic heterocycles. The van der Waals surface area contributed by atoms with Crippen molar-refractivity contribution >= 4 is 5.91 Å². The van der Waals surface area contributed by atoms with Gasteiger partial charge in [0, 0.05) is 12.3 Å². The van der Waals surface area contributed by atoms with Crippen molar-refractivity contribution in [1.29, 1.82) is 0 Å². The second-order valence-corrected chi connectivity index (χ2v) is 4.55. The zero-order chi connectivity index (χ0) is 15.2. The van der Waals surface area contributed by atoms with E-state index in [2.05, 4.69) is 5.43 Å². The van der Waals surface area contributed by atoms with Crippen molar-refractivity contribution in [2.75, 3.05) is 6.61 Å². The van der Waals surface area contributed by atoms with Gasteiger partial charge in [0.25, 0.3) is 11.5 Å². The summed E-state index contributed by atoms with van der Waals surface area (Å²) in [6.07, 6.45) is 1.72. The number of rotatable bonds is 5. The molecule has 0 spiro atoms. The number of hydrazine groups is 1. The number of nitrogen functional groups attached to an aromatic ring is 1. The van der Waals surface area contributed by atoms with Gasteiger partial charge >= 0.3 is 0 Å². The summed E-state index contributed by atoms with van der Waals surface area (Å²) in [5, 5.41) is 0. The quantitative estimate of drug-likeness (QED) is 0.485. The van der Waals surface area contributed by atoms with Crippen molar-refractivity contribution in [2.45, 2.75) is 13.5 Å². The Morgan fingerprint density at radius 1 is 1.33 bits per heavy atom. The topological polar surface area (TPSA) is 86.3 Å². The lowest BCUT2D eigenvalue weighted by Crippen LogP contribution is -2.30. The number of pyridine rings is 1. The Morgan fingerprint density at radius 3 is 2.81 bits per heavy atom. The van der Waals surface area contributed by atoms with Crippen molar-refractivity contribution < 1.29 is 9.53 Å². The van der Waals surface area contributed by atoms with E-state index in [0.717, 1.165) is 5.56 Å². The number of nitrogens with two attached hydrogens (primary N) is 1. The number of carbonyl (C=O) groups is 1. The third-order valence-electron chi connectivity index (χ3n) is 3.00. The van der Waals surface area contributed by atoms with Gasteiger partial charge in [-0.05, 0) is 30.7 Å². The fraction of sp³-hybridized carbons (Fsp3) is 0.200. The summed E-state index contributed by atoms with van der Waals surface area (Å²) in [6.45, 7) is 2.54. The number of carbonyl (C=O) groups excluding carboxylic acids is 1. The van der Waals surface area contributed by atoms with Crippen molar-refractivity contribution in [3.63, 3.8) is 0 Å². The molecule has 0 fully saturated rings. The first kappa shape index (κ1) is 14.8. The lowest BCUT2D eigenvalue weighted by atomic mass is 10.2. The number of nitrogens with zero attached hydrogens (tertiary/aromatic N) is 1. The maximum atomic E-state index is 11.7. The second-order valence-electron chi connectivity index (χ2n) is 4.55. The van der Waals surface area contributed by atoms with E-state index in [0.29, 0.717) is 17.9 Å². The summed E-state index contributed by atoms with van der Waals surface area (Å²) in [4.78, 5) is 23.3. The maximum Gasteiger partial charge on any atom is 0.268 e. The second kappa shape index (κ2) is 6.71. The summed E-state index contributed by atoms with van der Waals surface area (Å²) >= 11 is 0. The number of hydrogen-bond donors (Lipinski definition) is 2. The van der Waals surface area contributed by atoms with Gasteiger partial charge in [-0.2, -0.15) is 0 Å². The first-order valence-corrected chi connectivity index (χ1v) is 6.51. The molecule has 0 radical (unpaired) electrons. The molecule has 0 aliphatic carbocycles. The van der Waals surface area contributed by atoms with E-state index in [1.165, 1.54) is 0 Å². The van der Waals surface area contributed by atoms with Gasteiger partial charge in [0.2, 0.25) is 0 Å². The SMILES string of the molecule is Cc1ccn(CCOc2ccccc2C(=O)NN)c(=O)c1. The molecule has 6 heteroatoms. The third kappa shape index (κ3) is 3.70. The van der Waals surface area contributed by atoms with Crippen molar-refractivity contribution in [3.8, 4) is 5.75 Å². The summed E-state index contributed by atoms with van der Waals surface area (Å²) in [7, 11) is 0. The molecule has 2 rings (SSSR count). The molecule has 0 atom stereocenters. The predicted octanol–water partition coefficient (Wildman–Crippen LogP) is 0.839. The Kier molecular flexibility index (Phi) is 4.73. The zero-order valence-corrected chi connectivity index (χ0v) is 11.7. The smallest absolute Gasteiger partial charge is 0.268 e. The van der Waals surface area contributed by atoms with E-state index in [4.69, 9.17) is 10.6 Å². The van der Waals surface area contributed by atoms with Crippen LogP contribution in [-0.4, -0.2) is 17.1 Å². The number of hydrogen-bond acceptors (Lipinski definition) is 4. The molecule has 0 aliphatic heterocycles.